The van der Waals surface area contributed by atoms with Crippen LogP contribution in [0.15, 0.2) is 29.2 Å². The third-order valence-electron chi connectivity index (χ3n) is 2.50. The van der Waals surface area contributed by atoms with Gasteiger partial charge in [0.25, 0.3) is 0 Å². The summed E-state index contributed by atoms with van der Waals surface area (Å²) < 4.78 is 0. The van der Waals surface area contributed by atoms with E-state index in [4.69, 9.17) is 5.26 Å². The zero-order valence-corrected chi connectivity index (χ0v) is 9.11. The zero-order valence-electron chi connectivity index (χ0n) is 9.11. The van der Waals surface area contributed by atoms with Gasteiger partial charge in [0.05, 0.1) is 0 Å². The molecule has 16 heavy (non-hydrogen) atoms. The van der Waals surface area contributed by atoms with Crippen LogP contribution in [0.5, 0.6) is 0 Å². The van der Waals surface area contributed by atoms with Crippen molar-refractivity contribution < 1.29 is 0 Å². The molecule has 4 nitrogen and oxygen atoms in total. The van der Waals surface area contributed by atoms with E-state index in [-0.39, 0.29) is 11.0 Å². The van der Waals surface area contributed by atoms with E-state index in [0.29, 0.717) is 5.39 Å². The van der Waals surface area contributed by atoms with Gasteiger partial charge >= 0.3 is 0 Å². The van der Waals surface area contributed by atoms with Gasteiger partial charge in [0.1, 0.15) is 11.6 Å². The lowest BCUT2D eigenvalue weighted by Crippen LogP contribution is -2.11. The molecule has 0 bridgehead atoms. The Kier molecular flexibility index (Phi) is 2.37. The average Bonchev–Trinajstić information content (AvgIpc) is 2.29. The summed E-state index contributed by atoms with van der Waals surface area (Å²) in [6, 6.07) is 7.43. The quantitative estimate of drug-likeness (QED) is 0.780. The van der Waals surface area contributed by atoms with E-state index in [1.54, 1.807) is 6.07 Å². The van der Waals surface area contributed by atoms with Gasteiger partial charge in [-0.1, -0.05) is 0 Å². The molecular formula is C12H11N3O. The van der Waals surface area contributed by atoms with E-state index in [0.717, 1.165) is 11.2 Å². The Bertz CT molecular complexity index is 635. The third-order valence-corrected chi connectivity index (χ3v) is 2.50. The highest BCUT2D eigenvalue weighted by Gasteiger charge is 2.05. The molecule has 0 aliphatic heterocycles. The van der Waals surface area contributed by atoms with Crippen molar-refractivity contribution in [2.45, 2.75) is 0 Å². The predicted molar refractivity (Wildman–Crippen MR) is 63.6 cm³/mol. The fraction of sp³-hybridized carbons (Fsp3) is 0.167. The fourth-order valence-electron chi connectivity index (χ4n) is 1.57. The number of benzene rings is 1. The SMILES string of the molecule is CN(C)c1ccc2[nH]cc(C#N)c(=O)c2c1. The van der Waals surface area contributed by atoms with Gasteiger partial charge in [-0.05, 0) is 18.2 Å². The van der Waals surface area contributed by atoms with Gasteiger partial charge in [0.2, 0.25) is 5.43 Å². The highest BCUT2D eigenvalue weighted by atomic mass is 16.1. The molecule has 80 valence electrons. The van der Waals surface area contributed by atoms with Gasteiger partial charge in [-0.25, -0.2) is 0 Å². The van der Waals surface area contributed by atoms with Crippen LogP contribution in [-0.4, -0.2) is 19.1 Å². The summed E-state index contributed by atoms with van der Waals surface area (Å²) in [5.41, 5.74) is 1.60. The Morgan fingerprint density at radius 1 is 1.38 bits per heavy atom. The summed E-state index contributed by atoms with van der Waals surface area (Å²) in [5.74, 6) is 0. The number of H-pyrrole nitrogens is 1. The highest BCUT2D eigenvalue weighted by Crippen LogP contribution is 2.16. The Morgan fingerprint density at radius 3 is 2.75 bits per heavy atom. The molecule has 0 saturated heterocycles. The normalized spacial score (nSPS) is 10.1. The monoisotopic (exact) mass is 213 g/mol. The molecule has 0 unspecified atom stereocenters. The van der Waals surface area contributed by atoms with Crippen LogP contribution in [-0.2, 0) is 0 Å². The third kappa shape index (κ3) is 1.52. The van der Waals surface area contributed by atoms with Crippen LogP contribution in [0.3, 0.4) is 0 Å². The van der Waals surface area contributed by atoms with Crippen LogP contribution in [0.4, 0.5) is 5.69 Å². The summed E-state index contributed by atoms with van der Waals surface area (Å²) in [6.07, 6.45) is 1.44. The molecule has 1 N–H and O–H groups in total. The van der Waals surface area contributed by atoms with E-state index in [2.05, 4.69) is 4.98 Å². The maximum Gasteiger partial charge on any atom is 0.207 e. The second-order valence-electron chi connectivity index (χ2n) is 3.77. The fourth-order valence-corrected chi connectivity index (χ4v) is 1.57. The van der Waals surface area contributed by atoms with Gasteiger partial charge in [-0.15, -0.1) is 0 Å². The summed E-state index contributed by atoms with van der Waals surface area (Å²) >= 11 is 0. The van der Waals surface area contributed by atoms with E-state index in [9.17, 15) is 4.79 Å². The Balaban J connectivity index is 2.81. The van der Waals surface area contributed by atoms with E-state index in [1.807, 2.05) is 37.2 Å². The Hall–Kier alpha value is -2.28. The molecule has 0 saturated carbocycles. The lowest BCUT2D eigenvalue weighted by molar-refractivity contribution is 1.13. The molecule has 0 aliphatic rings. The molecule has 0 fully saturated rings. The number of pyridine rings is 1. The van der Waals surface area contributed by atoms with Crippen molar-refractivity contribution in [3.63, 3.8) is 0 Å². The standard InChI is InChI=1S/C12H11N3O/c1-15(2)9-3-4-11-10(5-9)12(16)8(6-13)7-14-11/h3-5,7H,1-2H3,(H,14,16). The molecule has 1 aromatic carbocycles. The maximum absolute atomic E-state index is 11.9. The number of nitrogens with zero attached hydrogens (tertiary/aromatic N) is 2. The maximum atomic E-state index is 11.9. The van der Waals surface area contributed by atoms with Crippen molar-refractivity contribution in [3.8, 4) is 6.07 Å². The second kappa shape index (κ2) is 3.70. The number of anilines is 1. The lowest BCUT2D eigenvalue weighted by atomic mass is 10.1. The minimum absolute atomic E-state index is 0.142. The minimum atomic E-state index is -0.222. The summed E-state index contributed by atoms with van der Waals surface area (Å²) in [6.45, 7) is 0. The van der Waals surface area contributed by atoms with Crippen molar-refractivity contribution in [3.05, 3.63) is 40.2 Å². The molecular weight excluding hydrogens is 202 g/mol. The first kappa shape index (κ1) is 10.2. The summed E-state index contributed by atoms with van der Waals surface area (Å²) in [7, 11) is 3.81. The molecule has 1 aromatic heterocycles. The van der Waals surface area contributed by atoms with Crippen molar-refractivity contribution in [2.75, 3.05) is 19.0 Å². The average molecular weight is 213 g/mol. The van der Waals surface area contributed by atoms with Crippen molar-refractivity contribution in [2.24, 2.45) is 0 Å². The van der Waals surface area contributed by atoms with Crippen LogP contribution in [0.1, 0.15) is 5.56 Å². The first-order chi connectivity index (χ1) is 7.63. The predicted octanol–water partition coefficient (Wildman–Crippen LogP) is 1.47. The largest absolute Gasteiger partial charge is 0.378 e. The number of aromatic nitrogens is 1. The van der Waals surface area contributed by atoms with E-state index in [1.165, 1.54) is 6.20 Å². The van der Waals surface area contributed by atoms with Gasteiger partial charge in [0.15, 0.2) is 0 Å². The molecule has 0 amide bonds. The number of nitrogens with one attached hydrogen (secondary N) is 1. The van der Waals surface area contributed by atoms with Gasteiger partial charge in [-0.2, -0.15) is 5.26 Å². The number of hydrogen-bond donors (Lipinski definition) is 1. The zero-order chi connectivity index (χ0) is 11.7. The number of fused-ring (bicyclic) bond motifs is 1. The lowest BCUT2D eigenvalue weighted by Gasteiger charge is -2.12. The van der Waals surface area contributed by atoms with Crippen LogP contribution in [0.2, 0.25) is 0 Å². The second-order valence-corrected chi connectivity index (χ2v) is 3.77. The van der Waals surface area contributed by atoms with Crippen LogP contribution < -0.4 is 10.3 Å². The van der Waals surface area contributed by atoms with Crippen LogP contribution in [0, 0.1) is 11.3 Å². The van der Waals surface area contributed by atoms with Gasteiger partial charge in [0, 0.05) is 36.9 Å². The number of nitriles is 1. The highest BCUT2D eigenvalue weighted by molar-refractivity contribution is 5.83. The smallest absolute Gasteiger partial charge is 0.207 e. The number of hydrogen-bond acceptors (Lipinski definition) is 3. The molecule has 0 spiro atoms. The first-order valence-electron chi connectivity index (χ1n) is 4.86. The van der Waals surface area contributed by atoms with Gasteiger partial charge in [-0.3, -0.25) is 4.79 Å². The van der Waals surface area contributed by atoms with E-state index < -0.39 is 0 Å². The molecule has 2 rings (SSSR count). The molecule has 0 radical (unpaired) electrons. The molecule has 0 aliphatic carbocycles. The van der Waals surface area contributed by atoms with Crippen molar-refractivity contribution in [1.29, 1.82) is 5.26 Å². The Labute approximate surface area is 92.7 Å². The summed E-state index contributed by atoms with van der Waals surface area (Å²) in [4.78, 5) is 16.7. The van der Waals surface area contributed by atoms with Crippen LogP contribution >= 0.6 is 0 Å². The van der Waals surface area contributed by atoms with Crippen molar-refractivity contribution >= 4 is 16.6 Å². The Morgan fingerprint density at radius 2 is 2.12 bits per heavy atom. The summed E-state index contributed by atoms with van der Waals surface area (Å²) in [5, 5.41) is 9.32. The number of rotatable bonds is 1. The van der Waals surface area contributed by atoms with Gasteiger partial charge < -0.3 is 9.88 Å². The minimum Gasteiger partial charge on any atom is -0.378 e. The first-order valence-corrected chi connectivity index (χ1v) is 4.86. The molecule has 1 heterocycles. The van der Waals surface area contributed by atoms with Crippen LogP contribution in [0.25, 0.3) is 10.9 Å². The number of aromatic amines is 1. The molecule has 4 heteroatoms. The molecule has 0 atom stereocenters. The molecule has 2 aromatic rings. The van der Waals surface area contributed by atoms with Crippen molar-refractivity contribution in [1.82, 2.24) is 4.98 Å². The van der Waals surface area contributed by atoms with E-state index >= 15 is 0 Å². The topological polar surface area (TPSA) is 59.9 Å².